The number of aromatic nitrogens is 3. The van der Waals surface area contributed by atoms with E-state index in [0.717, 1.165) is 22.0 Å². The Morgan fingerprint density at radius 2 is 1.82 bits per heavy atom. The topological polar surface area (TPSA) is 125 Å². The minimum atomic E-state index is -0.750. The fourth-order valence-electron chi connectivity index (χ4n) is 3.65. The predicted molar refractivity (Wildman–Crippen MR) is 123 cm³/mol. The van der Waals surface area contributed by atoms with E-state index in [1.807, 2.05) is 60.8 Å². The number of amides is 3. The summed E-state index contributed by atoms with van der Waals surface area (Å²) in [5, 5.41) is 13.1. The molecular formula is C24H26N6O3. The Labute approximate surface area is 191 Å². The van der Waals surface area contributed by atoms with Gasteiger partial charge in [0.2, 0.25) is 11.8 Å². The van der Waals surface area contributed by atoms with Gasteiger partial charge in [-0.15, -0.1) is 0 Å². The van der Waals surface area contributed by atoms with Gasteiger partial charge in [-0.25, -0.2) is 4.79 Å². The second kappa shape index (κ2) is 9.99. The molecule has 2 aromatic heterocycles. The lowest BCUT2D eigenvalue weighted by molar-refractivity contribution is -0.122. The molecule has 2 atom stereocenters. The Kier molecular flexibility index (Phi) is 6.68. The second-order valence-corrected chi connectivity index (χ2v) is 7.78. The third-order valence-corrected chi connectivity index (χ3v) is 5.38. The molecule has 0 aliphatic rings. The van der Waals surface area contributed by atoms with E-state index < -0.39 is 18.1 Å². The third kappa shape index (κ3) is 5.38. The Balaban J connectivity index is 1.38. The number of aromatic amines is 1. The minimum Gasteiger partial charge on any atom is -0.361 e. The second-order valence-electron chi connectivity index (χ2n) is 7.78. The number of nitrogens with zero attached hydrogens (tertiary/aromatic N) is 2. The van der Waals surface area contributed by atoms with Crippen LogP contribution in [0.1, 0.15) is 35.8 Å². The molecule has 2 heterocycles. The molecule has 4 aromatic rings. The van der Waals surface area contributed by atoms with Crippen LogP contribution in [0.15, 0.2) is 65.3 Å². The monoisotopic (exact) mass is 446 g/mol. The highest BCUT2D eigenvalue weighted by molar-refractivity contribution is 5.89. The number of hydrogen-bond acceptors (Lipinski definition) is 5. The van der Waals surface area contributed by atoms with Crippen LogP contribution in [0.25, 0.3) is 10.9 Å². The first-order chi connectivity index (χ1) is 16.0. The molecule has 0 fully saturated rings. The fourth-order valence-corrected chi connectivity index (χ4v) is 3.65. The predicted octanol–water partition coefficient (Wildman–Crippen LogP) is 2.86. The van der Waals surface area contributed by atoms with E-state index >= 15 is 0 Å². The average molecular weight is 447 g/mol. The van der Waals surface area contributed by atoms with E-state index in [1.165, 1.54) is 0 Å². The molecule has 9 heteroatoms. The first-order valence-electron chi connectivity index (χ1n) is 10.7. The van der Waals surface area contributed by atoms with Crippen molar-refractivity contribution in [2.24, 2.45) is 0 Å². The normalized spacial score (nSPS) is 12.8. The summed E-state index contributed by atoms with van der Waals surface area (Å²) in [4.78, 5) is 32.7. The smallest absolute Gasteiger partial charge is 0.316 e. The number of urea groups is 1. The molecule has 3 amide bonds. The van der Waals surface area contributed by atoms with Gasteiger partial charge in [0.05, 0.1) is 12.5 Å². The highest BCUT2D eigenvalue weighted by Gasteiger charge is 2.23. The van der Waals surface area contributed by atoms with Crippen LogP contribution in [0.5, 0.6) is 0 Å². The number of para-hydroxylation sites is 1. The minimum absolute atomic E-state index is 0.284. The highest BCUT2D eigenvalue weighted by atomic mass is 16.5. The van der Waals surface area contributed by atoms with E-state index in [0.29, 0.717) is 24.6 Å². The molecule has 4 rings (SSSR count). The zero-order valence-corrected chi connectivity index (χ0v) is 18.5. The van der Waals surface area contributed by atoms with Crippen molar-refractivity contribution in [3.63, 3.8) is 0 Å². The van der Waals surface area contributed by atoms with Crippen LogP contribution < -0.4 is 16.0 Å². The lowest BCUT2D eigenvalue weighted by Gasteiger charge is -2.19. The van der Waals surface area contributed by atoms with E-state index in [9.17, 15) is 9.59 Å². The van der Waals surface area contributed by atoms with Crippen LogP contribution in [0.2, 0.25) is 0 Å². The van der Waals surface area contributed by atoms with Gasteiger partial charge in [-0.2, -0.15) is 4.98 Å². The van der Waals surface area contributed by atoms with Crippen molar-refractivity contribution in [1.82, 2.24) is 31.1 Å². The quantitative estimate of drug-likeness (QED) is 0.331. The zero-order chi connectivity index (χ0) is 23.2. The third-order valence-electron chi connectivity index (χ3n) is 5.38. The fraction of sp³-hybridized carbons (Fsp3) is 0.250. The molecule has 0 radical (unpaired) electrons. The molecular weight excluding hydrogens is 420 g/mol. The lowest BCUT2D eigenvalue weighted by atomic mass is 10.0. The van der Waals surface area contributed by atoms with Crippen molar-refractivity contribution in [3.05, 3.63) is 83.6 Å². The molecule has 0 bridgehead atoms. The largest absolute Gasteiger partial charge is 0.361 e. The number of hydrogen-bond donors (Lipinski definition) is 4. The lowest BCUT2D eigenvalue weighted by Crippen LogP contribution is -2.50. The summed E-state index contributed by atoms with van der Waals surface area (Å²) in [5.74, 6) is 0.546. The van der Waals surface area contributed by atoms with Gasteiger partial charge in [0, 0.05) is 30.6 Å². The molecule has 170 valence electrons. The van der Waals surface area contributed by atoms with Crippen LogP contribution >= 0.6 is 0 Å². The Morgan fingerprint density at radius 1 is 1.06 bits per heavy atom. The molecule has 2 aromatic carbocycles. The SMILES string of the molecule is CNC(=O)[C@H](Cc1c[nH]c2ccccc12)NC(=O)NC(C)c1noc(Cc2ccccc2)n1. The summed E-state index contributed by atoms with van der Waals surface area (Å²) in [6.07, 6.45) is 2.71. The molecule has 0 saturated carbocycles. The number of benzene rings is 2. The maximum Gasteiger partial charge on any atom is 0.316 e. The van der Waals surface area contributed by atoms with Gasteiger partial charge in [-0.3, -0.25) is 4.79 Å². The van der Waals surface area contributed by atoms with Crippen LogP contribution in [-0.2, 0) is 17.6 Å². The van der Waals surface area contributed by atoms with Crippen LogP contribution in [-0.4, -0.2) is 40.2 Å². The van der Waals surface area contributed by atoms with Gasteiger partial charge in [0.25, 0.3) is 0 Å². The molecule has 33 heavy (non-hydrogen) atoms. The van der Waals surface area contributed by atoms with Crippen molar-refractivity contribution in [1.29, 1.82) is 0 Å². The van der Waals surface area contributed by atoms with Crippen molar-refractivity contribution in [2.45, 2.75) is 31.8 Å². The number of carbonyl (C=O) groups excluding carboxylic acids is 2. The van der Waals surface area contributed by atoms with E-state index in [4.69, 9.17) is 4.52 Å². The molecule has 0 aliphatic carbocycles. The van der Waals surface area contributed by atoms with Gasteiger partial charge in [-0.05, 0) is 24.1 Å². The van der Waals surface area contributed by atoms with E-state index in [-0.39, 0.29) is 5.91 Å². The molecule has 0 aliphatic heterocycles. The first kappa shape index (κ1) is 22.1. The number of rotatable bonds is 8. The molecule has 0 spiro atoms. The molecule has 4 N–H and O–H groups in total. The Hall–Kier alpha value is -4.14. The number of H-pyrrole nitrogens is 1. The first-order valence-corrected chi connectivity index (χ1v) is 10.7. The number of likely N-dealkylation sites (N-methyl/N-ethyl adjacent to an activating group) is 1. The van der Waals surface area contributed by atoms with Gasteiger partial charge in [-0.1, -0.05) is 53.7 Å². The van der Waals surface area contributed by atoms with Crippen molar-refractivity contribution in [3.8, 4) is 0 Å². The van der Waals surface area contributed by atoms with Crippen molar-refractivity contribution in [2.75, 3.05) is 7.05 Å². The summed E-state index contributed by atoms with van der Waals surface area (Å²) in [6.45, 7) is 1.76. The average Bonchev–Trinajstić information content (AvgIpc) is 3.46. The van der Waals surface area contributed by atoms with E-state index in [2.05, 4.69) is 31.1 Å². The highest BCUT2D eigenvalue weighted by Crippen LogP contribution is 2.19. The summed E-state index contributed by atoms with van der Waals surface area (Å²) < 4.78 is 5.32. The summed E-state index contributed by atoms with van der Waals surface area (Å²) in [5.41, 5.74) is 2.97. The van der Waals surface area contributed by atoms with Crippen LogP contribution in [0.4, 0.5) is 4.79 Å². The van der Waals surface area contributed by atoms with Crippen LogP contribution in [0.3, 0.4) is 0 Å². The standard InChI is InChI=1S/C24H26N6O3/c1-15(22-29-21(33-30-22)12-16-8-4-3-5-9-16)27-24(32)28-20(23(31)25-2)13-17-14-26-19-11-7-6-10-18(17)19/h3-11,14-15,20,26H,12-13H2,1-2H3,(H,25,31)(H2,27,28,32)/t15?,20-/m0/s1. The maximum absolute atomic E-state index is 12.7. The van der Waals surface area contributed by atoms with Crippen molar-refractivity contribution >= 4 is 22.8 Å². The summed E-state index contributed by atoms with van der Waals surface area (Å²) in [6, 6.07) is 15.9. The van der Waals surface area contributed by atoms with Gasteiger partial charge < -0.3 is 25.5 Å². The Bertz CT molecular complexity index is 1230. The zero-order valence-electron chi connectivity index (χ0n) is 18.5. The number of carbonyl (C=O) groups is 2. The summed E-state index contributed by atoms with van der Waals surface area (Å²) in [7, 11) is 1.54. The number of fused-ring (bicyclic) bond motifs is 1. The number of nitrogens with one attached hydrogen (secondary N) is 4. The van der Waals surface area contributed by atoms with Gasteiger partial charge >= 0.3 is 6.03 Å². The van der Waals surface area contributed by atoms with E-state index in [1.54, 1.807) is 14.0 Å². The van der Waals surface area contributed by atoms with Crippen molar-refractivity contribution < 1.29 is 14.1 Å². The maximum atomic E-state index is 12.7. The summed E-state index contributed by atoms with van der Waals surface area (Å²) >= 11 is 0. The Morgan fingerprint density at radius 3 is 2.61 bits per heavy atom. The molecule has 1 unspecified atom stereocenters. The van der Waals surface area contributed by atoms with Gasteiger partial charge in [0.15, 0.2) is 5.82 Å². The molecule has 9 nitrogen and oxygen atoms in total. The molecule has 0 saturated heterocycles. The van der Waals surface area contributed by atoms with Gasteiger partial charge in [0.1, 0.15) is 6.04 Å². The van der Waals surface area contributed by atoms with Crippen LogP contribution in [0, 0.1) is 0 Å².